The van der Waals surface area contributed by atoms with E-state index in [1.54, 1.807) is 0 Å². The molecule has 0 spiro atoms. The maximum absolute atomic E-state index is 11.5. The van der Waals surface area contributed by atoms with Crippen LogP contribution in [0.1, 0.15) is 63.2 Å². The first-order valence-corrected chi connectivity index (χ1v) is 6.76. The quantitative estimate of drug-likeness (QED) is 0.745. The summed E-state index contributed by atoms with van der Waals surface area (Å²) in [5.74, 6) is 0. The molecule has 2 nitrogen and oxygen atoms in total. The third-order valence-corrected chi connectivity index (χ3v) is 3.57. The van der Waals surface area contributed by atoms with Crippen molar-refractivity contribution < 1.29 is 4.79 Å². The highest BCUT2D eigenvalue weighted by atomic mass is 16.1. The van der Waals surface area contributed by atoms with Gasteiger partial charge in [-0.15, -0.1) is 0 Å². The van der Waals surface area contributed by atoms with E-state index >= 15 is 0 Å². The summed E-state index contributed by atoms with van der Waals surface area (Å²) in [6.45, 7) is 12.9. The molecule has 0 saturated carbocycles. The Morgan fingerprint density at radius 3 is 2.11 bits per heavy atom. The molecular weight excluding hydrogens is 234 g/mol. The normalized spacial score (nSPS) is 12.9. The van der Waals surface area contributed by atoms with Crippen LogP contribution in [0.3, 0.4) is 0 Å². The summed E-state index contributed by atoms with van der Waals surface area (Å²) in [6, 6.07) is 6.36. The summed E-state index contributed by atoms with van der Waals surface area (Å²) < 4.78 is 0. The van der Waals surface area contributed by atoms with Crippen molar-refractivity contribution in [3.05, 3.63) is 35.0 Å². The van der Waals surface area contributed by atoms with Gasteiger partial charge in [0.15, 0.2) is 6.29 Å². The van der Waals surface area contributed by atoms with E-state index in [4.69, 9.17) is 0 Å². The van der Waals surface area contributed by atoms with Crippen LogP contribution in [-0.2, 0) is 10.8 Å². The van der Waals surface area contributed by atoms with Crippen molar-refractivity contribution in [3.8, 4) is 0 Å². The van der Waals surface area contributed by atoms with Crippen LogP contribution >= 0.6 is 0 Å². The number of rotatable bonds is 1. The Bertz CT molecular complexity index is 621. The van der Waals surface area contributed by atoms with Gasteiger partial charge in [0.2, 0.25) is 0 Å². The predicted octanol–water partition coefficient (Wildman–Crippen LogP) is 4.58. The van der Waals surface area contributed by atoms with Gasteiger partial charge >= 0.3 is 0 Å². The molecule has 0 aliphatic carbocycles. The standard InChI is InChI=1S/C17H23NO/c1-16(2,3)11-7-8-14-12(9-11)13(10-19)15(18-14)17(4,5)6/h7-10,18H,1-6H3. The minimum absolute atomic E-state index is 0.0584. The molecule has 0 aliphatic heterocycles. The number of carbonyl (C=O) groups is 1. The molecule has 0 aliphatic rings. The average molecular weight is 257 g/mol. The number of hydrogen-bond acceptors (Lipinski definition) is 1. The fraction of sp³-hybridized carbons (Fsp3) is 0.471. The van der Waals surface area contributed by atoms with E-state index in [1.165, 1.54) is 5.56 Å². The Balaban J connectivity index is 2.76. The van der Waals surface area contributed by atoms with Crippen LogP contribution in [0.2, 0.25) is 0 Å². The van der Waals surface area contributed by atoms with Gasteiger partial charge in [-0.2, -0.15) is 0 Å². The molecule has 0 amide bonds. The molecule has 2 aromatic rings. The first-order chi connectivity index (χ1) is 8.64. The number of aromatic amines is 1. The highest BCUT2D eigenvalue weighted by molar-refractivity contribution is 5.99. The Morgan fingerprint density at radius 2 is 1.63 bits per heavy atom. The third kappa shape index (κ3) is 2.44. The zero-order chi connectivity index (χ0) is 14.4. The molecule has 0 bridgehead atoms. The molecule has 0 radical (unpaired) electrons. The van der Waals surface area contributed by atoms with E-state index in [0.29, 0.717) is 0 Å². The minimum Gasteiger partial charge on any atom is -0.357 e. The SMILES string of the molecule is CC(C)(C)c1ccc2[nH]c(C(C)(C)C)c(C=O)c2c1. The fourth-order valence-electron chi connectivity index (χ4n) is 2.39. The van der Waals surface area contributed by atoms with Crippen LogP contribution in [0.25, 0.3) is 10.9 Å². The van der Waals surface area contributed by atoms with Crippen molar-refractivity contribution in [3.63, 3.8) is 0 Å². The molecule has 2 rings (SSSR count). The van der Waals surface area contributed by atoms with Crippen molar-refractivity contribution >= 4 is 17.2 Å². The lowest BCUT2D eigenvalue weighted by molar-refractivity contribution is 0.112. The first-order valence-electron chi connectivity index (χ1n) is 6.76. The fourth-order valence-corrected chi connectivity index (χ4v) is 2.39. The second-order valence-corrected chi connectivity index (χ2v) is 7.29. The monoisotopic (exact) mass is 257 g/mol. The van der Waals surface area contributed by atoms with Gasteiger partial charge in [-0.3, -0.25) is 4.79 Å². The average Bonchev–Trinajstić information content (AvgIpc) is 2.64. The topological polar surface area (TPSA) is 32.9 Å². The van der Waals surface area contributed by atoms with Gasteiger partial charge in [-0.05, 0) is 23.1 Å². The predicted molar refractivity (Wildman–Crippen MR) is 81.1 cm³/mol. The molecule has 1 aromatic carbocycles. The van der Waals surface area contributed by atoms with E-state index in [1.807, 2.05) is 0 Å². The third-order valence-electron chi connectivity index (χ3n) is 3.57. The molecule has 0 fully saturated rings. The second kappa shape index (κ2) is 4.22. The van der Waals surface area contributed by atoms with Crippen LogP contribution in [0.15, 0.2) is 18.2 Å². The van der Waals surface area contributed by atoms with E-state index in [-0.39, 0.29) is 10.8 Å². The summed E-state index contributed by atoms with van der Waals surface area (Å²) in [5.41, 5.74) is 4.14. The number of benzene rings is 1. The van der Waals surface area contributed by atoms with Crippen LogP contribution < -0.4 is 0 Å². The molecular formula is C17H23NO. The molecule has 102 valence electrons. The Kier molecular flexibility index (Phi) is 3.08. The molecule has 0 atom stereocenters. The molecule has 2 heteroatoms. The first kappa shape index (κ1) is 13.9. The number of nitrogens with one attached hydrogen (secondary N) is 1. The van der Waals surface area contributed by atoms with Gasteiger partial charge < -0.3 is 4.98 Å². The maximum Gasteiger partial charge on any atom is 0.152 e. The van der Waals surface area contributed by atoms with Crippen LogP contribution in [0, 0.1) is 0 Å². The Morgan fingerprint density at radius 1 is 1.00 bits per heavy atom. The maximum atomic E-state index is 11.5. The van der Waals surface area contributed by atoms with E-state index in [0.717, 1.165) is 28.4 Å². The van der Waals surface area contributed by atoms with Gasteiger partial charge in [-0.25, -0.2) is 0 Å². The van der Waals surface area contributed by atoms with Crippen molar-refractivity contribution in [2.24, 2.45) is 0 Å². The van der Waals surface area contributed by atoms with Crippen molar-refractivity contribution in [2.75, 3.05) is 0 Å². The van der Waals surface area contributed by atoms with Crippen LogP contribution in [0.5, 0.6) is 0 Å². The molecule has 1 aromatic heterocycles. The van der Waals surface area contributed by atoms with Crippen LogP contribution in [0.4, 0.5) is 0 Å². The molecule has 19 heavy (non-hydrogen) atoms. The number of hydrogen-bond donors (Lipinski definition) is 1. The van der Waals surface area contributed by atoms with Crippen LogP contribution in [-0.4, -0.2) is 11.3 Å². The largest absolute Gasteiger partial charge is 0.357 e. The van der Waals surface area contributed by atoms with E-state index < -0.39 is 0 Å². The zero-order valence-corrected chi connectivity index (χ0v) is 12.7. The van der Waals surface area contributed by atoms with Gasteiger partial charge in [0, 0.05) is 27.6 Å². The Hall–Kier alpha value is -1.57. The van der Waals surface area contributed by atoms with E-state index in [9.17, 15) is 4.79 Å². The second-order valence-electron chi connectivity index (χ2n) is 7.29. The van der Waals surface area contributed by atoms with Gasteiger partial charge in [0.1, 0.15) is 0 Å². The van der Waals surface area contributed by atoms with Crippen molar-refractivity contribution in [2.45, 2.75) is 52.4 Å². The summed E-state index contributed by atoms with van der Waals surface area (Å²) in [5, 5.41) is 1.03. The molecule has 1 N–H and O–H groups in total. The van der Waals surface area contributed by atoms with Crippen molar-refractivity contribution in [1.82, 2.24) is 4.98 Å². The molecule has 1 heterocycles. The Labute approximate surface area is 115 Å². The summed E-state index contributed by atoms with van der Waals surface area (Å²) in [7, 11) is 0. The lowest BCUT2D eigenvalue weighted by Crippen LogP contribution is -2.14. The summed E-state index contributed by atoms with van der Waals surface area (Å²) in [4.78, 5) is 14.9. The number of H-pyrrole nitrogens is 1. The lowest BCUT2D eigenvalue weighted by Gasteiger charge is -2.19. The molecule has 0 unspecified atom stereocenters. The van der Waals surface area contributed by atoms with Crippen molar-refractivity contribution in [1.29, 1.82) is 0 Å². The number of aromatic nitrogens is 1. The van der Waals surface area contributed by atoms with Gasteiger partial charge in [-0.1, -0.05) is 47.6 Å². The van der Waals surface area contributed by atoms with Gasteiger partial charge in [0.05, 0.1) is 0 Å². The van der Waals surface area contributed by atoms with Gasteiger partial charge in [0.25, 0.3) is 0 Å². The van der Waals surface area contributed by atoms with E-state index in [2.05, 4.69) is 64.7 Å². The number of fused-ring (bicyclic) bond motifs is 1. The summed E-state index contributed by atoms with van der Waals surface area (Å²) >= 11 is 0. The highest BCUT2D eigenvalue weighted by Gasteiger charge is 2.23. The molecule has 0 saturated heterocycles. The number of aldehydes is 1. The lowest BCUT2D eigenvalue weighted by atomic mass is 9.85. The number of carbonyl (C=O) groups excluding carboxylic acids is 1. The zero-order valence-electron chi connectivity index (χ0n) is 12.7. The smallest absolute Gasteiger partial charge is 0.152 e. The highest BCUT2D eigenvalue weighted by Crippen LogP contribution is 2.33. The summed E-state index contributed by atoms with van der Waals surface area (Å²) in [6.07, 6.45) is 0.978. The minimum atomic E-state index is -0.0584.